The van der Waals surface area contributed by atoms with E-state index in [1.807, 2.05) is 31.6 Å². The van der Waals surface area contributed by atoms with Gasteiger partial charge in [0, 0.05) is 18.6 Å². The van der Waals surface area contributed by atoms with E-state index in [0.29, 0.717) is 12.5 Å². The molecule has 0 spiro atoms. The van der Waals surface area contributed by atoms with Crippen molar-refractivity contribution in [2.75, 3.05) is 0 Å². The van der Waals surface area contributed by atoms with E-state index in [1.165, 1.54) is 0 Å². The Kier molecular flexibility index (Phi) is 8.42. The minimum absolute atomic E-state index is 0.351. The Labute approximate surface area is 141 Å². The zero-order valence-electron chi connectivity index (χ0n) is 14.8. The fourth-order valence-corrected chi connectivity index (χ4v) is 1.52. The second kappa shape index (κ2) is 9.24. The lowest BCUT2D eigenvalue weighted by molar-refractivity contribution is -0.399. The molecule has 1 atom stereocenters. The SMILES string of the molecule is CC(CC(C)(C)OOC(C)(C)C)OC(=O)NNC(=O)C=CC(=O)O. The van der Waals surface area contributed by atoms with Crippen LogP contribution in [0.15, 0.2) is 12.2 Å². The van der Waals surface area contributed by atoms with Crippen molar-refractivity contribution in [2.45, 2.75) is 65.3 Å². The van der Waals surface area contributed by atoms with Gasteiger partial charge in [0.15, 0.2) is 0 Å². The number of hydrogen-bond acceptors (Lipinski definition) is 6. The average Bonchev–Trinajstić information content (AvgIpc) is 2.39. The smallest absolute Gasteiger partial charge is 0.426 e. The number of carbonyl (C=O) groups excluding carboxylic acids is 2. The molecule has 0 heterocycles. The Morgan fingerprint density at radius 2 is 1.62 bits per heavy atom. The van der Waals surface area contributed by atoms with Gasteiger partial charge in [0.2, 0.25) is 0 Å². The topological polar surface area (TPSA) is 123 Å². The first kappa shape index (κ1) is 21.9. The summed E-state index contributed by atoms with van der Waals surface area (Å²) in [4.78, 5) is 43.6. The molecular formula is C15H26N2O7. The summed E-state index contributed by atoms with van der Waals surface area (Å²) >= 11 is 0. The van der Waals surface area contributed by atoms with Crippen LogP contribution < -0.4 is 10.9 Å². The predicted octanol–water partition coefficient (Wildman–Crippen LogP) is 1.69. The van der Waals surface area contributed by atoms with Crippen LogP contribution in [-0.2, 0) is 24.1 Å². The summed E-state index contributed by atoms with van der Waals surface area (Å²) in [7, 11) is 0. The van der Waals surface area contributed by atoms with Crippen LogP contribution >= 0.6 is 0 Å². The van der Waals surface area contributed by atoms with Crippen LogP contribution in [0.4, 0.5) is 4.79 Å². The van der Waals surface area contributed by atoms with Crippen LogP contribution in [-0.4, -0.2) is 40.4 Å². The first-order chi connectivity index (χ1) is 10.8. The number of aliphatic carboxylic acids is 1. The minimum Gasteiger partial charge on any atom is -0.478 e. The highest BCUT2D eigenvalue weighted by atomic mass is 17.2. The Balaban J connectivity index is 4.22. The molecule has 0 aliphatic rings. The van der Waals surface area contributed by atoms with Crippen molar-refractivity contribution in [3.8, 4) is 0 Å². The summed E-state index contributed by atoms with van der Waals surface area (Å²) < 4.78 is 5.05. The maximum Gasteiger partial charge on any atom is 0.426 e. The number of carboxylic acids is 1. The minimum atomic E-state index is -1.28. The fraction of sp³-hybridized carbons (Fsp3) is 0.667. The van der Waals surface area contributed by atoms with Crippen LogP contribution in [0.5, 0.6) is 0 Å². The molecule has 0 bridgehead atoms. The molecule has 0 aromatic rings. The third kappa shape index (κ3) is 12.4. The van der Waals surface area contributed by atoms with Gasteiger partial charge in [-0.1, -0.05) is 0 Å². The zero-order valence-corrected chi connectivity index (χ0v) is 14.8. The number of ether oxygens (including phenoxy) is 1. The quantitative estimate of drug-likeness (QED) is 0.364. The number of rotatable bonds is 7. The van der Waals surface area contributed by atoms with Crippen LogP contribution in [0.1, 0.15) is 48.0 Å². The Morgan fingerprint density at radius 1 is 1.04 bits per heavy atom. The van der Waals surface area contributed by atoms with E-state index >= 15 is 0 Å². The van der Waals surface area contributed by atoms with E-state index in [0.717, 1.165) is 6.08 Å². The summed E-state index contributed by atoms with van der Waals surface area (Å²) in [6.07, 6.45) is 0.345. The van der Waals surface area contributed by atoms with Gasteiger partial charge in [-0.15, -0.1) is 0 Å². The van der Waals surface area contributed by atoms with E-state index in [4.69, 9.17) is 19.6 Å². The van der Waals surface area contributed by atoms with Crippen molar-refractivity contribution in [1.29, 1.82) is 0 Å². The van der Waals surface area contributed by atoms with Gasteiger partial charge in [-0.05, 0) is 41.5 Å². The molecule has 0 saturated carbocycles. The van der Waals surface area contributed by atoms with Gasteiger partial charge in [0.1, 0.15) is 11.7 Å². The van der Waals surface area contributed by atoms with Gasteiger partial charge in [-0.3, -0.25) is 10.2 Å². The summed E-state index contributed by atoms with van der Waals surface area (Å²) in [5.41, 5.74) is 2.82. The molecule has 9 nitrogen and oxygen atoms in total. The van der Waals surface area contributed by atoms with E-state index in [2.05, 4.69) is 0 Å². The molecular weight excluding hydrogens is 320 g/mol. The van der Waals surface area contributed by atoms with Crippen LogP contribution in [0.25, 0.3) is 0 Å². The molecule has 0 rings (SSSR count). The molecule has 0 fully saturated rings. The molecule has 0 saturated heterocycles. The largest absolute Gasteiger partial charge is 0.478 e. The molecule has 2 amide bonds. The Morgan fingerprint density at radius 3 is 2.12 bits per heavy atom. The highest BCUT2D eigenvalue weighted by Crippen LogP contribution is 2.22. The monoisotopic (exact) mass is 346 g/mol. The van der Waals surface area contributed by atoms with Gasteiger partial charge in [-0.2, -0.15) is 0 Å². The molecule has 24 heavy (non-hydrogen) atoms. The summed E-state index contributed by atoms with van der Waals surface area (Å²) in [6.45, 7) is 10.8. The third-order valence-corrected chi connectivity index (χ3v) is 2.27. The number of hydrazine groups is 1. The Hall–Kier alpha value is -2.13. The second-order valence-corrected chi connectivity index (χ2v) is 6.74. The standard InChI is InChI=1S/C15H26N2O7/c1-10(9-15(5,6)24-23-14(2,3)4)22-13(21)17-16-11(18)7-8-12(19)20/h7-8,10H,9H2,1-6H3,(H,16,18)(H,17,21)(H,19,20). The molecule has 3 N–H and O–H groups in total. The maximum absolute atomic E-state index is 11.5. The average molecular weight is 346 g/mol. The molecule has 9 heteroatoms. The number of amides is 2. The predicted molar refractivity (Wildman–Crippen MR) is 84.6 cm³/mol. The molecule has 0 aromatic heterocycles. The first-order valence-corrected chi connectivity index (χ1v) is 7.35. The normalized spacial score (nSPS) is 13.4. The molecule has 0 radical (unpaired) electrons. The third-order valence-electron chi connectivity index (χ3n) is 2.27. The maximum atomic E-state index is 11.5. The van der Waals surface area contributed by atoms with Crippen molar-refractivity contribution < 1.29 is 34.0 Å². The highest BCUT2D eigenvalue weighted by Gasteiger charge is 2.27. The second-order valence-electron chi connectivity index (χ2n) is 6.74. The zero-order chi connectivity index (χ0) is 19.0. The highest BCUT2D eigenvalue weighted by molar-refractivity contribution is 5.94. The van der Waals surface area contributed by atoms with E-state index in [-0.39, 0.29) is 0 Å². The van der Waals surface area contributed by atoms with Crippen molar-refractivity contribution in [3.05, 3.63) is 12.2 Å². The molecule has 0 aromatic carbocycles. The lowest BCUT2D eigenvalue weighted by Gasteiger charge is -2.30. The van der Waals surface area contributed by atoms with E-state index in [1.54, 1.807) is 20.8 Å². The van der Waals surface area contributed by atoms with Crippen LogP contribution in [0.3, 0.4) is 0 Å². The van der Waals surface area contributed by atoms with Crippen LogP contribution in [0.2, 0.25) is 0 Å². The van der Waals surface area contributed by atoms with Gasteiger partial charge in [0.05, 0.1) is 5.60 Å². The first-order valence-electron chi connectivity index (χ1n) is 7.35. The summed E-state index contributed by atoms with van der Waals surface area (Å²) in [5, 5.41) is 8.36. The fourth-order valence-electron chi connectivity index (χ4n) is 1.52. The van der Waals surface area contributed by atoms with E-state index in [9.17, 15) is 14.4 Å². The lowest BCUT2D eigenvalue weighted by atomic mass is 10.0. The Bertz CT molecular complexity index is 481. The molecule has 0 aliphatic carbocycles. The number of nitrogens with one attached hydrogen (secondary N) is 2. The van der Waals surface area contributed by atoms with Gasteiger partial charge < -0.3 is 9.84 Å². The van der Waals surface area contributed by atoms with Gasteiger partial charge in [-0.25, -0.2) is 24.8 Å². The summed E-state index contributed by atoms with van der Waals surface area (Å²) in [5.74, 6) is -2.08. The lowest BCUT2D eigenvalue weighted by Crippen LogP contribution is -2.43. The molecule has 0 aliphatic heterocycles. The van der Waals surface area contributed by atoms with Crippen molar-refractivity contribution in [2.24, 2.45) is 0 Å². The molecule has 138 valence electrons. The number of hydrogen-bond donors (Lipinski definition) is 3. The molecule has 1 unspecified atom stereocenters. The van der Waals surface area contributed by atoms with Crippen molar-refractivity contribution in [1.82, 2.24) is 10.9 Å². The number of carboxylic acid groups (broad SMARTS) is 1. The van der Waals surface area contributed by atoms with E-state index < -0.39 is 35.3 Å². The van der Waals surface area contributed by atoms with Crippen molar-refractivity contribution in [3.63, 3.8) is 0 Å². The summed E-state index contributed by atoms with van der Waals surface area (Å²) in [6, 6.07) is 0. The van der Waals surface area contributed by atoms with Gasteiger partial charge in [0.25, 0.3) is 5.91 Å². The van der Waals surface area contributed by atoms with Gasteiger partial charge >= 0.3 is 12.1 Å². The van der Waals surface area contributed by atoms with Crippen molar-refractivity contribution >= 4 is 18.0 Å². The number of carbonyl (C=O) groups is 3. The van der Waals surface area contributed by atoms with Crippen LogP contribution in [0, 0.1) is 0 Å².